The highest BCUT2D eigenvalue weighted by atomic mass is 19.3. The van der Waals surface area contributed by atoms with Gasteiger partial charge in [0.1, 0.15) is 5.75 Å². The fourth-order valence-corrected chi connectivity index (χ4v) is 1.60. The highest BCUT2D eigenvalue weighted by Gasteiger charge is 2.31. The van der Waals surface area contributed by atoms with E-state index in [2.05, 4.69) is 4.74 Å². The van der Waals surface area contributed by atoms with Crippen LogP contribution < -0.4 is 10.1 Å². The van der Waals surface area contributed by atoms with Crippen LogP contribution in [0, 0.1) is 5.92 Å². The highest BCUT2D eigenvalue weighted by Crippen LogP contribution is 2.29. The van der Waals surface area contributed by atoms with E-state index in [0.717, 1.165) is 12.8 Å². The maximum Gasteiger partial charge on any atom is 0.387 e. The van der Waals surface area contributed by atoms with Gasteiger partial charge in [-0.15, -0.1) is 0 Å². The molecule has 1 aromatic carbocycles. The van der Waals surface area contributed by atoms with E-state index in [1.807, 2.05) is 5.32 Å². The Labute approximate surface area is 124 Å². The first-order valence-corrected chi connectivity index (χ1v) is 6.51. The second-order valence-corrected chi connectivity index (χ2v) is 4.66. The summed E-state index contributed by atoms with van der Waals surface area (Å²) in [6.07, 6.45) is 1.51. The van der Waals surface area contributed by atoms with Gasteiger partial charge in [0.15, 0.2) is 6.61 Å². The van der Waals surface area contributed by atoms with Crippen molar-refractivity contribution in [1.82, 2.24) is 5.32 Å². The van der Waals surface area contributed by atoms with E-state index in [9.17, 15) is 23.2 Å². The Morgan fingerprint density at radius 2 is 1.82 bits per heavy atom. The minimum Gasteiger partial charge on any atom is -0.455 e. The van der Waals surface area contributed by atoms with Crippen molar-refractivity contribution in [2.45, 2.75) is 19.5 Å². The van der Waals surface area contributed by atoms with Crippen LogP contribution in [0.15, 0.2) is 24.3 Å². The fraction of sp³-hybridized carbons (Fsp3) is 0.357. The number of carbonyl (C=O) groups excluding carboxylic acids is 3. The molecule has 0 radical (unpaired) electrons. The summed E-state index contributed by atoms with van der Waals surface area (Å²) in [5.74, 6) is -2.17. The number of ether oxygens (including phenoxy) is 2. The number of hydrogen-bond acceptors (Lipinski definition) is 5. The van der Waals surface area contributed by atoms with Crippen LogP contribution in [-0.2, 0) is 14.3 Å². The first-order chi connectivity index (χ1) is 10.5. The van der Waals surface area contributed by atoms with Crippen molar-refractivity contribution in [1.29, 1.82) is 0 Å². The standard InChI is InChI=1S/C14H13F2NO5/c15-14(16)22-10-5-3-8(4-6-10)12(19)17-11(18)7-21-13(20)9-1-2-9/h3-6,9,14H,1-2,7H2,(H,17,18,19). The third kappa shape index (κ3) is 4.80. The Balaban J connectivity index is 1.80. The molecule has 6 nitrogen and oxygen atoms in total. The summed E-state index contributed by atoms with van der Waals surface area (Å²) in [6.45, 7) is -3.49. The second-order valence-electron chi connectivity index (χ2n) is 4.66. The number of amides is 2. The molecule has 2 amide bonds. The number of hydrogen-bond donors (Lipinski definition) is 1. The van der Waals surface area contributed by atoms with Crippen molar-refractivity contribution >= 4 is 17.8 Å². The van der Waals surface area contributed by atoms with Gasteiger partial charge in [-0.2, -0.15) is 8.78 Å². The fourth-order valence-electron chi connectivity index (χ4n) is 1.60. The molecule has 0 spiro atoms. The third-order valence-electron chi connectivity index (χ3n) is 2.85. The number of nitrogens with one attached hydrogen (secondary N) is 1. The molecule has 8 heteroatoms. The van der Waals surface area contributed by atoms with E-state index in [1.54, 1.807) is 0 Å². The summed E-state index contributed by atoms with van der Waals surface area (Å²) in [4.78, 5) is 34.4. The SMILES string of the molecule is O=C(COC(=O)C1CC1)NC(=O)c1ccc(OC(F)F)cc1. The molecule has 1 aliphatic rings. The van der Waals surface area contributed by atoms with Gasteiger partial charge in [-0.1, -0.05) is 0 Å². The molecule has 1 N–H and O–H groups in total. The minimum atomic E-state index is -2.96. The molecular formula is C14H13F2NO5. The summed E-state index contributed by atoms with van der Waals surface area (Å²) < 4.78 is 32.8. The lowest BCUT2D eigenvalue weighted by Crippen LogP contribution is -2.34. The van der Waals surface area contributed by atoms with Crippen molar-refractivity contribution in [3.63, 3.8) is 0 Å². The van der Waals surface area contributed by atoms with Gasteiger partial charge in [-0.3, -0.25) is 19.7 Å². The summed E-state index contributed by atoms with van der Waals surface area (Å²) >= 11 is 0. The van der Waals surface area contributed by atoms with E-state index < -0.39 is 31.0 Å². The van der Waals surface area contributed by atoms with Crippen LogP contribution in [0.1, 0.15) is 23.2 Å². The number of imide groups is 1. The second kappa shape index (κ2) is 6.97. The van der Waals surface area contributed by atoms with E-state index in [-0.39, 0.29) is 17.2 Å². The molecule has 1 aliphatic carbocycles. The molecule has 118 valence electrons. The quantitative estimate of drug-likeness (QED) is 0.805. The van der Waals surface area contributed by atoms with Gasteiger partial charge >= 0.3 is 12.6 Å². The Morgan fingerprint density at radius 1 is 1.18 bits per heavy atom. The number of halogens is 2. The predicted octanol–water partition coefficient (Wildman–Crippen LogP) is 1.50. The van der Waals surface area contributed by atoms with Gasteiger partial charge < -0.3 is 9.47 Å². The van der Waals surface area contributed by atoms with Crippen molar-refractivity contribution in [3.05, 3.63) is 29.8 Å². The van der Waals surface area contributed by atoms with Crippen LogP contribution in [0.3, 0.4) is 0 Å². The molecule has 2 rings (SSSR count). The molecule has 0 saturated heterocycles. The third-order valence-corrected chi connectivity index (χ3v) is 2.85. The lowest BCUT2D eigenvalue weighted by molar-refractivity contribution is -0.149. The van der Waals surface area contributed by atoms with Crippen LogP contribution >= 0.6 is 0 Å². The molecule has 0 aromatic heterocycles. The normalized spacial score (nSPS) is 13.6. The largest absolute Gasteiger partial charge is 0.455 e. The first-order valence-electron chi connectivity index (χ1n) is 6.51. The monoisotopic (exact) mass is 313 g/mol. The van der Waals surface area contributed by atoms with Crippen LogP contribution in [0.2, 0.25) is 0 Å². The van der Waals surface area contributed by atoms with Crippen molar-refractivity contribution in [3.8, 4) is 5.75 Å². The summed E-state index contributed by atoms with van der Waals surface area (Å²) in [6, 6.07) is 4.82. The van der Waals surface area contributed by atoms with E-state index in [0.29, 0.717) is 0 Å². The lowest BCUT2D eigenvalue weighted by atomic mass is 10.2. The van der Waals surface area contributed by atoms with Crippen LogP contribution in [-0.4, -0.2) is 31.0 Å². The molecule has 0 atom stereocenters. The Morgan fingerprint density at radius 3 is 2.36 bits per heavy atom. The maximum absolute atomic E-state index is 12.0. The molecule has 22 heavy (non-hydrogen) atoms. The molecule has 0 unspecified atom stereocenters. The number of benzene rings is 1. The van der Waals surface area contributed by atoms with E-state index >= 15 is 0 Å². The first kappa shape index (κ1) is 15.9. The lowest BCUT2D eigenvalue weighted by Gasteiger charge is -2.07. The summed E-state index contributed by atoms with van der Waals surface area (Å²) in [5.41, 5.74) is 0.0866. The molecule has 0 bridgehead atoms. The molecule has 1 fully saturated rings. The Kier molecular flexibility index (Phi) is 5.03. The van der Waals surface area contributed by atoms with Gasteiger partial charge in [-0.05, 0) is 37.1 Å². The van der Waals surface area contributed by atoms with E-state index in [4.69, 9.17) is 4.74 Å². The molecule has 1 aromatic rings. The topological polar surface area (TPSA) is 81.7 Å². The maximum atomic E-state index is 12.0. The van der Waals surface area contributed by atoms with Gasteiger partial charge in [0.25, 0.3) is 11.8 Å². The predicted molar refractivity (Wildman–Crippen MR) is 69.2 cm³/mol. The Hall–Kier alpha value is -2.51. The molecule has 0 aliphatic heterocycles. The number of esters is 1. The van der Waals surface area contributed by atoms with Gasteiger partial charge in [0.2, 0.25) is 0 Å². The Bertz CT molecular complexity index is 569. The van der Waals surface area contributed by atoms with Crippen LogP contribution in [0.25, 0.3) is 0 Å². The molecular weight excluding hydrogens is 300 g/mol. The van der Waals surface area contributed by atoms with Gasteiger partial charge in [0.05, 0.1) is 5.92 Å². The molecule has 1 saturated carbocycles. The van der Waals surface area contributed by atoms with Crippen molar-refractivity contribution < 1.29 is 32.6 Å². The van der Waals surface area contributed by atoms with Crippen LogP contribution in [0.4, 0.5) is 8.78 Å². The number of rotatable bonds is 6. The van der Waals surface area contributed by atoms with Crippen molar-refractivity contribution in [2.24, 2.45) is 5.92 Å². The van der Waals surface area contributed by atoms with Gasteiger partial charge in [0, 0.05) is 5.56 Å². The zero-order valence-electron chi connectivity index (χ0n) is 11.4. The average Bonchev–Trinajstić information content (AvgIpc) is 3.29. The smallest absolute Gasteiger partial charge is 0.387 e. The zero-order chi connectivity index (χ0) is 16.1. The summed E-state index contributed by atoms with van der Waals surface area (Å²) in [5, 5.41) is 2.03. The van der Waals surface area contributed by atoms with Crippen LogP contribution in [0.5, 0.6) is 5.75 Å². The molecule has 0 heterocycles. The number of alkyl halides is 2. The minimum absolute atomic E-state index is 0.0866. The zero-order valence-corrected chi connectivity index (χ0v) is 11.4. The summed E-state index contributed by atoms with van der Waals surface area (Å²) in [7, 11) is 0. The van der Waals surface area contributed by atoms with Gasteiger partial charge in [-0.25, -0.2) is 0 Å². The van der Waals surface area contributed by atoms with E-state index in [1.165, 1.54) is 24.3 Å². The number of carbonyl (C=O) groups is 3. The highest BCUT2D eigenvalue weighted by molar-refractivity contribution is 6.05. The average molecular weight is 313 g/mol. The van der Waals surface area contributed by atoms with Crippen molar-refractivity contribution in [2.75, 3.05) is 6.61 Å².